The first-order chi connectivity index (χ1) is 7.49. The lowest BCUT2D eigenvalue weighted by atomic mass is 10.1. The second kappa shape index (κ2) is 5.63. The van der Waals surface area contributed by atoms with Crippen LogP contribution in [0.15, 0.2) is 24.3 Å². The molecule has 5 heteroatoms. The number of likely N-dealkylation sites (N-methyl/N-ethyl adjacent to an activating group) is 1. The van der Waals surface area contributed by atoms with E-state index in [1.807, 2.05) is 0 Å². The summed E-state index contributed by atoms with van der Waals surface area (Å²) in [5.74, 6) is -1.28. The topological polar surface area (TPSA) is 61.6 Å². The van der Waals surface area contributed by atoms with Gasteiger partial charge in [-0.25, -0.2) is 0 Å². The lowest BCUT2D eigenvalue weighted by Crippen LogP contribution is -3.11. The van der Waals surface area contributed by atoms with Crippen LogP contribution in [-0.4, -0.2) is 31.9 Å². The minimum atomic E-state index is -1.17. The van der Waals surface area contributed by atoms with Crippen molar-refractivity contribution in [3.8, 4) is 0 Å². The number of Topliss-reactive ketones (excluding diaryl/α,β-unsaturated/α-hetero) is 1. The third kappa shape index (κ3) is 4.00. The first-order valence-corrected chi connectivity index (χ1v) is 5.16. The van der Waals surface area contributed by atoms with E-state index in [1.165, 1.54) is 0 Å². The van der Waals surface area contributed by atoms with E-state index in [2.05, 4.69) is 0 Å². The van der Waals surface area contributed by atoms with Crippen LogP contribution in [0.2, 0.25) is 5.02 Å². The molecule has 0 radical (unpaired) electrons. The van der Waals surface area contributed by atoms with E-state index in [1.54, 1.807) is 31.3 Å². The SMILES string of the molecule is C[NH+](CC(=O)[O-])CC(=O)c1ccc(Cl)cc1. The molecule has 0 spiro atoms. The number of ketones is 1. The van der Waals surface area contributed by atoms with Crippen molar-refractivity contribution in [2.45, 2.75) is 0 Å². The van der Waals surface area contributed by atoms with E-state index < -0.39 is 5.97 Å². The largest absolute Gasteiger partial charge is 0.544 e. The van der Waals surface area contributed by atoms with E-state index in [-0.39, 0.29) is 18.9 Å². The van der Waals surface area contributed by atoms with Crippen molar-refractivity contribution < 1.29 is 19.6 Å². The van der Waals surface area contributed by atoms with Crippen molar-refractivity contribution in [2.24, 2.45) is 0 Å². The Hall–Kier alpha value is -1.39. The highest BCUT2D eigenvalue weighted by atomic mass is 35.5. The minimum Gasteiger partial charge on any atom is -0.544 e. The van der Waals surface area contributed by atoms with Gasteiger partial charge in [-0.05, 0) is 24.3 Å². The number of halogens is 1. The quantitative estimate of drug-likeness (QED) is 0.658. The van der Waals surface area contributed by atoms with Crippen molar-refractivity contribution in [1.82, 2.24) is 0 Å². The average molecular weight is 242 g/mol. The predicted molar refractivity (Wildman–Crippen MR) is 57.4 cm³/mol. The molecule has 1 aromatic rings. The van der Waals surface area contributed by atoms with Gasteiger partial charge in [-0.15, -0.1) is 0 Å². The van der Waals surface area contributed by atoms with E-state index in [4.69, 9.17) is 11.6 Å². The molecular weight excluding hydrogens is 230 g/mol. The Balaban J connectivity index is 2.58. The molecule has 16 heavy (non-hydrogen) atoms. The second-order valence-corrected chi connectivity index (χ2v) is 4.05. The number of carboxylic acid groups (broad SMARTS) is 1. The van der Waals surface area contributed by atoms with Gasteiger partial charge in [0, 0.05) is 10.6 Å². The molecule has 0 bridgehead atoms. The van der Waals surface area contributed by atoms with Gasteiger partial charge in [-0.1, -0.05) is 11.6 Å². The van der Waals surface area contributed by atoms with Gasteiger partial charge in [-0.2, -0.15) is 0 Å². The summed E-state index contributed by atoms with van der Waals surface area (Å²) in [6, 6.07) is 6.50. The fraction of sp³-hybridized carbons (Fsp3) is 0.273. The molecule has 0 heterocycles. The molecule has 1 atom stereocenters. The third-order valence-corrected chi connectivity index (χ3v) is 2.33. The fourth-order valence-corrected chi connectivity index (χ4v) is 1.45. The van der Waals surface area contributed by atoms with Crippen LogP contribution in [0.25, 0.3) is 0 Å². The monoisotopic (exact) mass is 241 g/mol. The molecule has 0 saturated carbocycles. The molecule has 86 valence electrons. The summed E-state index contributed by atoms with van der Waals surface area (Å²) in [7, 11) is 1.63. The van der Waals surface area contributed by atoms with E-state index >= 15 is 0 Å². The van der Waals surface area contributed by atoms with Crippen molar-refractivity contribution in [1.29, 1.82) is 0 Å². The first-order valence-electron chi connectivity index (χ1n) is 4.79. The van der Waals surface area contributed by atoms with E-state index in [9.17, 15) is 14.7 Å². The number of benzene rings is 1. The molecular formula is C11H12ClNO3. The Morgan fingerprint density at radius 2 is 1.81 bits per heavy atom. The smallest absolute Gasteiger partial charge is 0.216 e. The van der Waals surface area contributed by atoms with Crippen LogP contribution in [0.4, 0.5) is 0 Å². The van der Waals surface area contributed by atoms with Crippen LogP contribution in [0.5, 0.6) is 0 Å². The van der Waals surface area contributed by atoms with Crippen LogP contribution in [0.3, 0.4) is 0 Å². The highest BCUT2D eigenvalue weighted by molar-refractivity contribution is 6.30. The maximum absolute atomic E-state index is 11.7. The van der Waals surface area contributed by atoms with Gasteiger partial charge >= 0.3 is 0 Å². The predicted octanol–water partition coefficient (Wildman–Crippen LogP) is -1.21. The van der Waals surface area contributed by atoms with Crippen LogP contribution >= 0.6 is 11.6 Å². The Labute approximate surface area is 98.4 Å². The van der Waals surface area contributed by atoms with Gasteiger partial charge in [0.25, 0.3) is 0 Å². The highest BCUT2D eigenvalue weighted by Crippen LogP contribution is 2.09. The summed E-state index contributed by atoms with van der Waals surface area (Å²) < 4.78 is 0. The maximum Gasteiger partial charge on any atom is 0.216 e. The molecule has 0 aliphatic carbocycles. The van der Waals surface area contributed by atoms with Crippen molar-refractivity contribution >= 4 is 23.4 Å². The van der Waals surface area contributed by atoms with Crippen LogP contribution < -0.4 is 10.0 Å². The Morgan fingerprint density at radius 1 is 1.25 bits per heavy atom. The third-order valence-electron chi connectivity index (χ3n) is 2.07. The summed E-state index contributed by atoms with van der Waals surface area (Å²) >= 11 is 5.69. The molecule has 0 amide bonds. The Morgan fingerprint density at radius 3 is 2.31 bits per heavy atom. The summed E-state index contributed by atoms with van der Waals surface area (Å²) in [4.78, 5) is 22.6. The lowest BCUT2D eigenvalue weighted by Gasteiger charge is -2.13. The van der Waals surface area contributed by atoms with Gasteiger partial charge in [-0.3, -0.25) is 4.79 Å². The van der Waals surface area contributed by atoms with Crippen LogP contribution in [0, 0.1) is 0 Å². The zero-order chi connectivity index (χ0) is 12.1. The Bertz CT molecular complexity index is 389. The normalized spacial score (nSPS) is 12.1. The van der Waals surface area contributed by atoms with E-state index in [0.29, 0.717) is 15.5 Å². The van der Waals surface area contributed by atoms with Crippen LogP contribution in [0.1, 0.15) is 10.4 Å². The zero-order valence-electron chi connectivity index (χ0n) is 8.83. The summed E-state index contributed by atoms with van der Waals surface area (Å²) in [5.41, 5.74) is 0.530. The number of carbonyl (C=O) groups excluding carboxylic acids is 2. The lowest BCUT2D eigenvalue weighted by molar-refractivity contribution is -0.864. The van der Waals surface area contributed by atoms with E-state index in [0.717, 1.165) is 0 Å². The zero-order valence-corrected chi connectivity index (χ0v) is 9.58. The van der Waals surface area contributed by atoms with Gasteiger partial charge in [0.2, 0.25) is 5.78 Å². The first kappa shape index (κ1) is 12.7. The molecule has 1 rings (SSSR count). The molecule has 0 fully saturated rings. The van der Waals surface area contributed by atoms with Crippen molar-refractivity contribution in [2.75, 3.05) is 20.1 Å². The number of rotatable bonds is 5. The maximum atomic E-state index is 11.7. The van der Waals surface area contributed by atoms with Gasteiger partial charge in [0.15, 0.2) is 0 Å². The number of aliphatic carboxylic acids is 1. The minimum absolute atomic E-state index is 0.115. The molecule has 1 aromatic carbocycles. The number of quaternary nitrogens is 1. The number of carboxylic acids is 1. The number of nitrogens with one attached hydrogen (secondary N) is 1. The number of carbonyl (C=O) groups is 2. The molecule has 1 N–H and O–H groups in total. The molecule has 0 saturated heterocycles. The molecule has 0 aromatic heterocycles. The highest BCUT2D eigenvalue weighted by Gasteiger charge is 2.12. The molecule has 0 aliphatic rings. The van der Waals surface area contributed by atoms with Crippen molar-refractivity contribution in [3.05, 3.63) is 34.9 Å². The summed E-state index contributed by atoms with van der Waals surface area (Å²) in [6.45, 7) is -0.0606. The molecule has 1 unspecified atom stereocenters. The number of hydrogen-bond acceptors (Lipinski definition) is 3. The summed E-state index contributed by atoms with van der Waals surface area (Å²) in [6.07, 6.45) is 0. The average Bonchev–Trinajstić information content (AvgIpc) is 2.16. The van der Waals surface area contributed by atoms with Gasteiger partial charge < -0.3 is 14.8 Å². The van der Waals surface area contributed by atoms with Gasteiger partial charge in [0.1, 0.15) is 13.1 Å². The standard InChI is InChI=1S/C11H12ClNO3/c1-13(7-11(15)16)6-10(14)8-2-4-9(12)5-3-8/h2-5H,6-7H2,1H3,(H,15,16). The Kier molecular flexibility index (Phi) is 4.46. The molecule has 4 nitrogen and oxygen atoms in total. The second-order valence-electron chi connectivity index (χ2n) is 3.61. The number of hydrogen-bond donors (Lipinski definition) is 1. The van der Waals surface area contributed by atoms with Crippen molar-refractivity contribution in [3.63, 3.8) is 0 Å². The summed E-state index contributed by atoms with van der Waals surface area (Å²) in [5, 5.41) is 10.9. The molecule has 0 aliphatic heterocycles. The van der Waals surface area contributed by atoms with Gasteiger partial charge in [0.05, 0.1) is 13.0 Å². The van der Waals surface area contributed by atoms with Crippen LogP contribution in [-0.2, 0) is 4.79 Å². The fourth-order valence-electron chi connectivity index (χ4n) is 1.32.